The Bertz CT molecular complexity index is 334. The monoisotopic (exact) mass is 192 g/mol. The maximum atomic E-state index is 11.7. The van der Waals surface area contributed by atoms with Crippen molar-refractivity contribution < 1.29 is 4.79 Å². The van der Waals surface area contributed by atoms with Crippen molar-refractivity contribution >= 4 is 11.7 Å². The van der Waals surface area contributed by atoms with Crippen LogP contribution in [0.5, 0.6) is 0 Å². The summed E-state index contributed by atoms with van der Waals surface area (Å²) in [5.74, 6) is 0.442. The third-order valence-corrected chi connectivity index (χ3v) is 2.54. The molecule has 3 N–H and O–H groups in total. The van der Waals surface area contributed by atoms with Gasteiger partial charge in [0.2, 0.25) is 5.91 Å². The molecule has 0 atom stereocenters. The fourth-order valence-electron chi connectivity index (χ4n) is 1.29. The number of carbonyl (C=O) groups excluding carboxylic acids is 1. The van der Waals surface area contributed by atoms with Crippen molar-refractivity contribution in [2.45, 2.75) is 12.8 Å². The van der Waals surface area contributed by atoms with Gasteiger partial charge in [-0.25, -0.2) is 0 Å². The number of nitrogens with zero attached hydrogens (tertiary/aromatic N) is 2. The van der Waals surface area contributed by atoms with Crippen LogP contribution in [-0.4, -0.2) is 22.6 Å². The van der Waals surface area contributed by atoms with Gasteiger partial charge in [0, 0.05) is 12.7 Å². The quantitative estimate of drug-likeness (QED) is 0.714. The Kier molecular flexibility index (Phi) is 2.17. The molecule has 0 unspecified atom stereocenters. The molecule has 5 nitrogen and oxygen atoms in total. The van der Waals surface area contributed by atoms with Crippen molar-refractivity contribution in [3.63, 3.8) is 0 Å². The van der Waals surface area contributed by atoms with Crippen LogP contribution < -0.4 is 11.1 Å². The van der Waals surface area contributed by atoms with Gasteiger partial charge in [-0.1, -0.05) is 0 Å². The molecule has 14 heavy (non-hydrogen) atoms. The van der Waals surface area contributed by atoms with Crippen molar-refractivity contribution in [3.8, 4) is 0 Å². The van der Waals surface area contributed by atoms with Gasteiger partial charge in [0.05, 0.1) is 5.41 Å². The Labute approximate surface area is 81.7 Å². The molecule has 0 saturated heterocycles. The summed E-state index contributed by atoms with van der Waals surface area (Å²) >= 11 is 0. The molecule has 0 spiro atoms. The number of carbonyl (C=O) groups is 1. The van der Waals surface area contributed by atoms with E-state index in [1.54, 1.807) is 18.3 Å². The zero-order valence-electron chi connectivity index (χ0n) is 7.73. The topological polar surface area (TPSA) is 80.9 Å². The highest BCUT2D eigenvalue weighted by Gasteiger charge is 2.48. The second kappa shape index (κ2) is 3.34. The van der Waals surface area contributed by atoms with Crippen molar-refractivity contribution in [1.82, 2.24) is 10.2 Å². The van der Waals surface area contributed by atoms with E-state index in [1.165, 1.54) is 0 Å². The molecule has 74 valence electrons. The van der Waals surface area contributed by atoms with Crippen LogP contribution in [0.4, 0.5) is 5.82 Å². The number of nitrogens with two attached hydrogens (primary N) is 1. The summed E-state index contributed by atoms with van der Waals surface area (Å²) in [4.78, 5) is 11.7. The summed E-state index contributed by atoms with van der Waals surface area (Å²) in [6.45, 7) is 0.402. The van der Waals surface area contributed by atoms with E-state index >= 15 is 0 Å². The second-order valence-electron chi connectivity index (χ2n) is 3.55. The lowest BCUT2D eigenvalue weighted by Gasteiger charge is -2.11. The van der Waals surface area contributed by atoms with Crippen LogP contribution in [0.3, 0.4) is 0 Å². The predicted molar refractivity (Wildman–Crippen MR) is 51.4 cm³/mol. The molecule has 1 aromatic heterocycles. The number of aromatic nitrogens is 2. The van der Waals surface area contributed by atoms with Crippen LogP contribution in [0.2, 0.25) is 0 Å². The smallest absolute Gasteiger partial charge is 0.233 e. The van der Waals surface area contributed by atoms with Crippen molar-refractivity contribution in [3.05, 3.63) is 18.3 Å². The number of rotatable bonds is 3. The van der Waals surface area contributed by atoms with E-state index in [0.29, 0.717) is 12.4 Å². The van der Waals surface area contributed by atoms with Crippen molar-refractivity contribution in [1.29, 1.82) is 0 Å². The molecule has 1 fully saturated rings. The summed E-state index contributed by atoms with van der Waals surface area (Å²) in [5, 5.41) is 10.1. The van der Waals surface area contributed by atoms with E-state index in [1.807, 2.05) is 0 Å². The van der Waals surface area contributed by atoms with E-state index in [2.05, 4.69) is 15.5 Å². The zero-order chi connectivity index (χ0) is 10.0. The third kappa shape index (κ3) is 1.58. The van der Waals surface area contributed by atoms with Crippen molar-refractivity contribution in [2.75, 3.05) is 11.9 Å². The van der Waals surface area contributed by atoms with Gasteiger partial charge >= 0.3 is 0 Å². The highest BCUT2D eigenvalue weighted by atomic mass is 16.2. The SMILES string of the molecule is NCC1(C(=O)Nc2cccnn2)CC1. The zero-order valence-corrected chi connectivity index (χ0v) is 7.73. The van der Waals surface area contributed by atoms with Crippen LogP contribution in [0.25, 0.3) is 0 Å². The van der Waals surface area contributed by atoms with E-state index in [9.17, 15) is 4.79 Å². The van der Waals surface area contributed by atoms with Crippen LogP contribution in [-0.2, 0) is 4.79 Å². The molecule has 0 bridgehead atoms. The molecule has 0 aliphatic heterocycles. The molecule has 0 aromatic carbocycles. The van der Waals surface area contributed by atoms with Crippen LogP contribution in [0.15, 0.2) is 18.3 Å². The fourth-order valence-corrected chi connectivity index (χ4v) is 1.29. The number of hydrogen-bond donors (Lipinski definition) is 2. The van der Waals surface area contributed by atoms with E-state index in [0.717, 1.165) is 12.8 Å². The van der Waals surface area contributed by atoms with Crippen LogP contribution in [0.1, 0.15) is 12.8 Å². The highest BCUT2D eigenvalue weighted by molar-refractivity contribution is 5.96. The number of amides is 1. The average Bonchev–Trinajstić information content (AvgIpc) is 3.00. The van der Waals surface area contributed by atoms with Crippen molar-refractivity contribution in [2.24, 2.45) is 11.1 Å². The van der Waals surface area contributed by atoms with Crippen LogP contribution in [0, 0.1) is 5.41 Å². The molecule has 1 aliphatic carbocycles. The van der Waals surface area contributed by atoms with Gasteiger partial charge in [-0.3, -0.25) is 4.79 Å². The Morgan fingerprint density at radius 2 is 2.43 bits per heavy atom. The van der Waals surface area contributed by atoms with Gasteiger partial charge in [0.1, 0.15) is 0 Å². The van der Waals surface area contributed by atoms with Gasteiger partial charge in [0.15, 0.2) is 5.82 Å². The molecule has 5 heteroatoms. The lowest BCUT2D eigenvalue weighted by molar-refractivity contribution is -0.120. The first kappa shape index (κ1) is 9.08. The van der Waals surface area contributed by atoms with E-state index < -0.39 is 0 Å². The maximum absolute atomic E-state index is 11.7. The predicted octanol–water partition coefficient (Wildman–Crippen LogP) is 0.154. The molecule has 2 rings (SSSR count). The molecule has 1 aromatic rings. The van der Waals surface area contributed by atoms with E-state index in [4.69, 9.17) is 5.73 Å². The summed E-state index contributed by atoms with van der Waals surface area (Å²) in [5.41, 5.74) is 5.19. The first-order valence-corrected chi connectivity index (χ1v) is 4.56. The van der Waals surface area contributed by atoms with Gasteiger partial charge < -0.3 is 11.1 Å². The second-order valence-corrected chi connectivity index (χ2v) is 3.55. The van der Waals surface area contributed by atoms with Gasteiger partial charge in [-0.15, -0.1) is 5.10 Å². The Morgan fingerprint density at radius 1 is 1.64 bits per heavy atom. The molecule has 1 heterocycles. The fraction of sp³-hybridized carbons (Fsp3) is 0.444. The lowest BCUT2D eigenvalue weighted by atomic mass is 10.1. The first-order chi connectivity index (χ1) is 6.77. The summed E-state index contributed by atoms with van der Waals surface area (Å²) < 4.78 is 0. The highest BCUT2D eigenvalue weighted by Crippen LogP contribution is 2.45. The minimum absolute atomic E-state index is 0.0412. The van der Waals surface area contributed by atoms with Gasteiger partial charge in [-0.2, -0.15) is 5.10 Å². The number of nitrogens with one attached hydrogen (secondary N) is 1. The maximum Gasteiger partial charge on any atom is 0.233 e. The van der Waals surface area contributed by atoms with Gasteiger partial charge in [-0.05, 0) is 25.0 Å². The average molecular weight is 192 g/mol. The Balaban J connectivity index is 2.02. The third-order valence-electron chi connectivity index (χ3n) is 2.54. The standard InChI is InChI=1S/C9H12N4O/c10-6-9(3-4-9)8(14)12-7-2-1-5-11-13-7/h1-2,5H,3-4,6,10H2,(H,12,13,14). The molecular weight excluding hydrogens is 180 g/mol. The Morgan fingerprint density at radius 3 is 2.93 bits per heavy atom. The molecule has 1 saturated carbocycles. The summed E-state index contributed by atoms with van der Waals surface area (Å²) in [7, 11) is 0. The minimum atomic E-state index is -0.336. The van der Waals surface area contributed by atoms with Gasteiger partial charge in [0.25, 0.3) is 0 Å². The molecule has 1 aliphatic rings. The van der Waals surface area contributed by atoms with Crippen LogP contribution >= 0.6 is 0 Å². The normalized spacial score (nSPS) is 17.5. The first-order valence-electron chi connectivity index (χ1n) is 4.56. The van der Waals surface area contributed by atoms with E-state index in [-0.39, 0.29) is 11.3 Å². The lowest BCUT2D eigenvalue weighted by Crippen LogP contribution is -2.31. The summed E-state index contributed by atoms with van der Waals surface area (Å²) in [6.07, 6.45) is 3.30. The summed E-state index contributed by atoms with van der Waals surface area (Å²) in [6, 6.07) is 3.43. The Hall–Kier alpha value is -1.49. The number of anilines is 1. The molecular formula is C9H12N4O. The minimum Gasteiger partial charge on any atom is -0.329 e. The number of hydrogen-bond acceptors (Lipinski definition) is 4. The molecule has 0 radical (unpaired) electrons. The molecule has 1 amide bonds. The largest absolute Gasteiger partial charge is 0.329 e.